The van der Waals surface area contributed by atoms with Gasteiger partial charge in [0.05, 0.1) is 0 Å². The van der Waals surface area contributed by atoms with E-state index in [1.165, 1.54) is 0 Å². The third kappa shape index (κ3) is 3.18. The van der Waals surface area contributed by atoms with Crippen molar-refractivity contribution in [1.29, 1.82) is 0 Å². The van der Waals surface area contributed by atoms with E-state index in [-0.39, 0.29) is 0 Å². The van der Waals surface area contributed by atoms with Gasteiger partial charge in [0.15, 0.2) is 0 Å². The van der Waals surface area contributed by atoms with Gasteiger partial charge in [-0.05, 0) is 25.8 Å². The van der Waals surface area contributed by atoms with Gasteiger partial charge in [0, 0.05) is 38.9 Å². The van der Waals surface area contributed by atoms with Crippen molar-refractivity contribution in [2.45, 2.75) is 32.4 Å². The normalized spacial score (nSPS) is 17.0. The fraction of sp³-hybridized carbons (Fsp3) is 0.571. The van der Waals surface area contributed by atoms with Crippen LogP contribution in [0.3, 0.4) is 0 Å². The number of hydrogen-bond donors (Lipinski definition) is 0. The summed E-state index contributed by atoms with van der Waals surface area (Å²) in [5.74, 6) is 0.986. The second-order valence-electron chi connectivity index (χ2n) is 5.48. The summed E-state index contributed by atoms with van der Waals surface area (Å²) < 4.78 is 4.75. The standard InChI is InChI=1S/C14H20N6O/c1-11-13(18-21-17-11)9-20-7-4-12(5-8-20)19(2)14-3-6-15-10-16-14/h3,6,10,12H,4-5,7-9H2,1-2H3. The van der Waals surface area contributed by atoms with Gasteiger partial charge in [-0.3, -0.25) is 4.90 Å². The number of aromatic nitrogens is 4. The van der Waals surface area contributed by atoms with Gasteiger partial charge in [0.2, 0.25) is 0 Å². The van der Waals surface area contributed by atoms with Crippen LogP contribution in [0.5, 0.6) is 0 Å². The molecule has 3 heterocycles. The largest absolute Gasteiger partial charge is 0.356 e. The molecule has 2 aromatic rings. The van der Waals surface area contributed by atoms with Crippen molar-refractivity contribution < 1.29 is 4.63 Å². The second-order valence-corrected chi connectivity index (χ2v) is 5.48. The van der Waals surface area contributed by atoms with E-state index in [1.807, 2.05) is 13.0 Å². The molecule has 1 fully saturated rings. The van der Waals surface area contributed by atoms with Gasteiger partial charge in [0.25, 0.3) is 0 Å². The van der Waals surface area contributed by atoms with Crippen molar-refractivity contribution in [3.8, 4) is 0 Å². The van der Waals surface area contributed by atoms with Crippen molar-refractivity contribution in [3.63, 3.8) is 0 Å². The average Bonchev–Trinajstić information content (AvgIpc) is 2.93. The summed E-state index contributed by atoms with van der Waals surface area (Å²) in [4.78, 5) is 12.9. The Hall–Kier alpha value is -2.02. The van der Waals surface area contributed by atoms with Crippen molar-refractivity contribution >= 4 is 5.82 Å². The van der Waals surface area contributed by atoms with E-state index in [4.69, 9.17) is 4.63 Å². The lowest BCUT2D eigenvalue weighted by atomic mass is 10.0. The predicted molar refractivity (Wildman–Crippen MR) is 77.8 cm³/mol. The highest BCUT2D eigenvalue weighted by atomic mass is 16.6. The fourth-order valence-electron chi connectivity index (χ4n) is 2.75. The minimum atomic E-state index is 0.521. The van der Waals surface area contributed by atoms with Crippen LogP contribution in [0.25, 0.3) is 0 Å². The van der Waals surface area contributed by atoms with Crippen molar-refractivity contribution in [2.24, 2.45) is 0 Å². The zero-order valence-electron chi connectivity index (χ0n) is 12.4. The van der Waals surface area contributed by atoms with Gasteiger partial charge in [0.1, 0.15) is 23.5 Å². The minimum Gasteiger partial charge on any atom is -0.356 e. The Bertz CT molecular complexity index is 564. The van der Waals surface area contributed by atoms with E-state index < -0.39 is 0 Å². The Morgan fingerprint density at radius 2 is 2.14 bits per heavy atom. The predicted octanol–water partition coefficient (Wildman–Crippen LogP) is 1.27. The van der Waals surface area contributed by atoms with Crippen LogP contribution in [0, 0.1) is 6.92 Å². The zero-order chi connectivity index (χ0) is 14.7. The topological polar surface area (TPSA) is 71.2 Å². The van der Waals surface area contributed by atoms with Gasteiger partial charge in [-0.25, -0.2) is 14.6 Å². The van der Waals surface area contributed by atoms with Gasteiger partial charge in [-0.15, -0.1) is 0 Å². The molecule has 0 radical (unpaired) electrons. The molecule has 2 aromatic heterocycles. The first kappa shape index (κ1) is 13.9. The Balaban J connectivity index is 1.54. The number of anilines is 1. The highest BCUT2D eigenvalue weighted by Gasteiger charge is 2.24. The first-order valence-corrected chi connectivity index (χ1v) is 7.23. The summed E-state index contributed by atoms with van der Waals surface area (Å²) in [6.45, 7) is 4.85. The minimum absolute atomic E-state index is 0.521. The maximum atomic E-state index is 4.75. The molecule has 0 spiro atoms. The fourth-order valence-corrected chi connectivity index (χ4v) is 2.75. The molecule has 1 aliphatic heterocycles. The number of rotatable bonds is 4. The van der Waals surface area contributed by atoms with E-state index in [0.717, 1.165) is 49.7 Å². The molecule has 1 saturated heterocycles. The quantitative estimate of drug-likeness (QED) is 0.839. The maximum Gasteiger partial charge on any atom is 0.131 e. The van der Waals surface area contributed by atoms with Gasteiger partial charge in [-0.1, -0.05) is 10.3 Å². The van der Waals surface area contributed by atoms with E-state index >= 15 is 0 Å². The molecule has 0 atom stereocenters. The Kier molecular flexibility index (Phi) is 4.10. The molecule has 7 nitrogen and oxygen atoms in total. The highest BCUT2D eigenvalue weighted by Crippen LogP contribution is 2.21. The van der Waals surface area contributed by atoms with Crippen LogP contribution in [-0.2, 0) is 6.54 Å². The van der Waals surface area contributed by atoms with Crippen LogP contribution in [-0.4, -0.2) is 51.4 Å². The summed E-state index contributed by atoms with van der Waals surface area (Å²) in [6, 6.07) is 2.48. The van der Waals surface area contributed by atoms with Crippen molar-refractivity contribution in [3.05, 3.63) is 30.0 Å². The summed E-state index contributed by atoms with van der Waals surface area (Å²) in [5, 5.41) is 7.79. The highest BCUT2D eigenvalue weighted by molar-refractivity contribution is 5.36. The Morgan fingerprint density at radius 1 is 1.33 bits per heavy atom. The van der Waals surface area contributed by atoms with E-state index in [0.29, 0.717) is 6.04 Å². The lowest BCUT2D eigenvalue weighted by Crippen LogP contribution is -2.43. The monoisotopic (exact) mass is 288 g/mol. The summed E-state index contributed by atoms with van der Waals surface area (Å²) in [6.07, 6.45) is 5.62. The summed E-state index contributed by atoms with van der Waals surface area (Å²) >= 11 is 0. The molecule has 0 aliphatic carbocycles. The van der Waals surface area contributed by atoms with Crippen molar-refractivity contribution in [1.82, 2.24) is 25.2 Å². The molecule has 112 valence electrons. The first-order valence-electron chi connectivity index (χ1n) is 7.23. The molecule has 0 N–H and O–H groups in total. The van der Waals surface area contributed by atoms with Crippen LogP contribution in [0.4, 0.5) is 5.82 Å². The second kappa shape index (κ2) is 6.17. The van der Waals surface area contributed by atoms with E-state index in [9.17, 15) is 0 Å². The Labute approximate surface area is 123 Å². The molecular weight excluding hydrogens is 268 g/mol. The molecule has 0 amide bonds. The third-order valence-corrected chi connectivity index (χ3v) is 4.15. The molecule has 3 rings (SSSR count). The summed E-state index contributed by atoms with van der Waals surface area (Å²) in [7, 11) is 2.11. The molecule has 0 saturated carbocycles. The number of piperidine rings is 1. The molecule has 0 aromatic carbocycles. The van der Waals surface area contributed by atoms with Crippen LogP contribution in [0.2, 0.25) is 0 Å². The average molecular weight is 288 g/mol. The van der Waals surface area contributed by atoms with Crippen LogP contribution >= 0.6 is 0 Å². The van der Waals surface area contributed by atoms with Crippen molar-refractivity contribution in [2.75, 3.05) is 25.0 Å². The van der Waals surface area contributed by atoms with Crippen LogP contribution in [0.15, 0.2) is 23.2 Å². The molecule has 21 heavy (non-hydrogen) atoms. The lowest BCUT2D eigenvalue weighted by molar-refractivity contribution is 0.196. The SMILES string of the molecule is Cc1nonc1CN1CCC(N(C)c2ccncn2)CC1. The smallest absolute Gasteiger partial charge is 0.131 e. The molecule has 1 aliphatic rings. The number of likely N-dealkylation sites (tertiary alicyclic amines) is 1. The zero-order valence-corrected chi connectivity index (χ0v) is 12.4. The first-order chi connectivity index (χ1) is 10.2. The van der Waals surface area contributed by atoms with E-state index in [2.05, 4.69) is 37.1 Å². The van der Waals surface area contributed by atoms with Gasteiger partial charge in [-0.2, -0.15) is 0 Å². The van der Waals surface area contributed by atoms with E-state index in [1.54, 1.807) is 12.5 Å². The van der Waals surface area contributed by atoms with Gasteiger partial charge >= 0.3 is 0 Å². The number of hydrogen-bond acceptors (Lipinski definition) is 7. The number of aryl methyl sites for hydroxylation is 1. The van der Waals surface area contributed by atoms with Gasteiger partial charge < -0.3 is 4.90 Å². The molecule has 7 heteroatoms. The molecule has 0 bridgehead atoms. The lowest BCUT2D eigenvalue weighted by Gasteiger charge is -2.36. The van der Waals surface area contributed by atoms with Crippen LogP contribution in [0.1, 0.15) is 24.2 Å². The third-order valence-electron chi connectivity index (χ3n) is 4.15. The van der Waals surface area contributed by atoms with Crippen LogP contribution < -0.4 is 4.90 Å². The Morgan fingerprint density at radius 3 is 2.76 bits per heavy atom. The maximum absolute atomic E-state index is 4.75. The number of nitrogens with zero attached hydrogens (tertiary/aromatic N) is 6. The molecule has 0 unspecified atom stereocenters. The summed E-state index contributed by atoms with van der Waals surface area (Å²) in [5.41, 5.74) is 1.83. The molecular formula is C14H20N6O.